The van der Waals surface area contributed by atoms with Gasteiger partial charge in [0.25, 0.3) is 5.56 Å². The van der Waals surface area contributed by atoms with Crippen molar-refractivity contribution in [1.29, 1.82) is 5.26 Å². The molecule has 0 spiro atoms. The lowest BCUT2D eigenvalue weighted by atomic mass is 10.2. The summed E-state index contributed by atoms with van der Waals surface area (Å²) in [6, 6.07) is 3.14. The average Bonchev–Trinajstić information content (AvgIpc) is 2.83. The summed E-state index contributed by atoms with van der Waals surface area (Å²) in [7, 11) is 1.24. The minimum atomic E-state index is -4.96. The van der Waals surface area contributed by atoms with Crippen LogP contribution in [-0.2, 0) is 12.5 Å². The van der Waals surface area contributed by atoms with E-state index in [0.29, 0.717) is 10.9 Å². The molecular weight excluding hydrogens is 529 g/mol. The van der Waals surface area contributed by atoms with E-state index in [-0.39, 0.29) is 28.0 Å². The summed E-state index contributed by atoms with van der Waals surface area (Å²) in [6.07, 6.45) is -4.79. The zero-order valence-electron chi connectivity index (χ0n) is 19.3. The highest BCUT2D eigenvalue weighted by atomic mass is 35.5. The smallest absolute Gasteiger partial charge is 0.352 e. The number of aryl methyl sites for hydroxylation is 1. The molecule has 3 aromatic rings. The summed E-state index contributed by atoms with van der Waals surface area (Å²) in [4.78, 5) is 24.6. The minimum Gasteiger partial charge on any atom is -0.481 e. The lowest BCUT2D eigenvalue weighted by Gasteiger charge is -2.20. The number of hydrogen-bond acceptors (Lipinski definition) is 8. The van der Waals surface area contributed by atoms with Crippen LogP contribution in [0.1, 0.15) is 41.4 Å². The molecule has 9 nitrogen and oxygen atoms in total. The van der Waals surface area contributed by atoms with Crippen molar-refractivity contribution in [3.05, 3.63) is 68.0 Å². The maximum Gasteiger partial charge on any atom is 0.352 e. The normalized spacial score (nSPS) is 12.4. The molecule has 1 atom stereocenters. The number of alkyl halides is 4. The molecule has 0 fully saturated rings. The monoisotopic (exact) mass is 545 g/mol. The van der Waals surface area contributed by atoms with E-state index in [1.165, 1.54) is 27.0 Å². The molecular formula is C22H17ClF5N5O4. The van der Waals surface area contributed by atoms with Crippen LogP contribution in [0.25, 0.3) is 0 Å². The number of aliphatic hydroxyl groups is 1. The van der Waals surface area contributed by atoms with Crippen LogP contribution in [0.3, 0.4) is 0 Å². The molecule has 1 N–H and O–H groups in total. The van der Waals surface area contributed by atoms with Crippen molar-refractivity contribution >= 4 is 11.6 Å². The van der Waals surface area contributed by atoms with Crippen molar-refractivity contribution in [2.24, 2.45) is 0 Å². The molecule has 0 radical (unpaired) electrons. The first-order valence-corrected chi connectivity index (χ1v) is 10.6. The van der Waals surface area contributed by atoms with Crippen LogP contribution in [0.4, 0.5) is 22.0 Å². The SMILES string of the molecule is COc1nc(C(C)O)nc(C)c1Cn1cnc(C(F)(F)C(F)F)c(Oc2cc(Cl)cc(C#N)c2F)c1=O. The van der Waals surface area contributed by atoms with Gasteiger partial charge >= 0.3 is 12.3 Å². The molecule has 1 unspecified atom stereocenters. The predicted octanol–water partition coefficient (Wildman–Crippen LogP) is 4.27. The van der Waals surface area contributed by atoms with Gasteiger partial charge in [-0.15, -0.1) is 0 Å². The fourth-order valence-electron chi connectivity index (χ4n) is 3.14. The second kappa shape index (κ2) is 10.7. The molecule has 1 aromatic carbocycles. The number of methoxy groups -OCH3 is 1. The van der Waals surface area contributed by atoms with Crippen molar-refractivity contribution in [2.75, 3.05) is 7.11 Å². The number of nitrogens with zero attached hydrogens (tertiary/aromatic N) is 5. The van der Waals surface area contributed by atoms with Crippen LogP contribution >= 0.6 is 11.6 Å². The molecule has 0 bridgehead atoms. The quantitative estimate of drug-likeness (QED) is 0.416. The number of hydrogen-bond donors (Lipinski definition) is 1. The molecule has 0 amide bonds. The lowest BCUT2D eigenvalue weighted by molar-refractivity contribution is -0.139. The standard InChI is InChI=1S/C22H17ClF5N5O4/c1-9-13(19(36-3)32-18(31-9)10(2)34)7-33-8-30-17(22(27,28)21(25)26)16(20(33)35)37-14-5-12(23)4-11(6-29)15(14)24/h4-5,8,10,21,34H,7H2,1-3H3. The average molecular weight is 546 g/mol. The maximum absolute atomic E-state index is 14.6. The van der Waals surface area contributed by atoms with Gasteiger partial charge in [0, 0.05) is 16.8 Å². The second-order valence-corrected chi connectivity index (χ2v) is 8.03. The third kappa shape index (κ3) is 5.47. The Hall–Kier alpha value is -3.83. The molecule has 3 rings (SSSR count). The van der Waals surface area contributed by atoms with Gasteiger partial charge in [-0.3, -0.25) is 9.36 Å². The van der Waals surface area contributed by atoms with Crippen LogP contribution in [0, 0.1) is 24.1 Å². The Kier molecular flexibility index (Phi) is 7.99. The van der Waals surface area contributed by atoms with Gasteiger partial charge in [-0.1, -0.05) is 11.6 Å². The molecule has 0 saturated heterocycles. The Balaban J connectivity index is 2.22. The number of nitriles is 1. The Morgan fingerprint density at radius 1 is 1.30 bits per heavy atom. The van der Waals surface area contributed by atoms with E-state index < -0.39 is 59.1 Å². The van der Waals surface area contributed by atoms with E-state index in [1.807, 2.05) is 0 Å². The Bertz CT molecular complexity index is 1440. The molecule has 0 aliphatic heterocycles. The summed E-state index contributed by atoms with van der Waals surface area (Å²) in [5.74, 6) is -8.76. The largest absolute Gasteiger partial charge is 0.481 e. The van der Waals surface area contributed by atoms with Gasteiger partial charge in [0.05, 0.1) is 31.1 Å². The lowest BCUT2D eigenvalue weighted by Crippen LogP contribution is -2.32. The second-order valence-electron chi connectivity index (χ2n) is 7.59. The number of aliphatic hydroxyl groups excluding tert-OH is 1. The molecule has 2 aromatic heterocycles. The molecule has 15 heteroatoms. The highest BCUT2D eigenvalue weighted by Crippen LogP contribution is 2.39. The number of rotatable bonds is 8. The Morgan fingerprint density at radius 2 is 1.97 bits per heavy atom. The zero-order valence-corrected chi connectivity index (χ0v) is 20.0. The van der Waals surface area contributed by atoms with Gasteiger partial charge in [0.2, 0.25) is 11.6 Å². The van der Waals surface area contributed by atoms with E-state index in [0.717, 1.165) is 12.1 Å². The van der Waals surface area contributed by atoms with Crippen LogP contribution in [0.15, 0.2) is 23.3 Å². The maximum atomic E-state index is 14.6. The third-order valence-electron chi connectivity index (χ3n) is 5.01. The van der Waals surface area contributed by atoms with Gasteiger partial charge < -0.3 is 14.6 Å². The van der Waals surface area contributed by atoms with Crippen LogP contribution in [-0.4, -0.2) is 38.2 Å². The fourth-order valence-corrected chi connectivity index (χ4v) is 3.35. The number of ether oxygens (including phenoxy) is 2. The fraction of sp³-hybridized carbons (Fsp3) is 0.318. The number of benzene rings is 1. The summed E-state index contributed by atoms with van der Waals surface area (Å²) in [5.41, 5.74) is -3.41. The predicted molar refractivity (Wildman–Crippen MR) is 118 cm³/mol. The van der Waals surface area contributed by atoms with Crippen LogP contribution in [0.5, 0.6) is 17.4 Å². The van der Waals surface area contributed by atoms with Crippen LogP contribution in [0.2, 0.25) is 5.02 Å². The van der Waals surface area contributed by atoms with Gasteiger partial charge in [-0.05, 0) is 19.9 Å². The summed E-state index contributed by atoms with van der Waals surface area (Å²) >= 11 is 5.80. The topological polar surface area (TPSA) is 123 Å². The first-order chi connectivity index (χ1) is 17.3. The van der Waals surface area contributed by atoms with Crippen molar-refractivity contribution in [3.63, 3.8) is 0 Å². The van der Waals surface area contributed by atoms with E-state index in [9.17, 15) is 31.9 Å². The summed E-state index contributed by atoms with van der Waals surface area (Å²) < 4.78 is 80.5. The number of aromatic nitrogens is 4. The van der Waals surface area contributed by atoms with Crippen molar-refractivity contribution in [1.82, 2.24) is 19.5 Å². The van der Waals surface area contributed by atoms with Gasteiger partial charge in [0.15, 0.2) is 23.1 Å². The summed E-state index contributed by atoms with van der Waals surface area (Å²) in [6.45, 7) is 2.44. The van der Waals surface area contributed by atoms with Crippen molar-refractivity contribution in [3.8, 4) is 23.4 Å². The van der Waals surface area contributed by atoms with E-state index in [2.05, 4.69) is 15.0 Å². The Labute approximate surface area is 210 Å². The van der Waals surface area contributed by atoms with Crippen molar-refractivity contribution < 1.29 is 36.5 Å². The van der Waals surface area contributed by atoms with Gasteiger partial charge in [-0.2, -0.15) is 19.0 Å². The first-order valence-electron chi connectivity index (χ1n) is 10.2. The van der Waals surface area contributed by atoms with Crippen LogP contribution < -0.4 is 15.0 Å². The van der Waals surface area contributed by atoms with E-state index in [4.69, 9.17) is 26.3 Å². The highest BCUT2D eigenvalue weighted by molar-refractivity contribution is 6.30. The molecule has 2 heterocycles. The Morgan fingerprint density at radius 3 is 2.54 bits per heavy atom. The molecule has 37 heavy (non-hydrogen) atoms. The van der Waals surface area contributed by atoms with Crippen molar-refractivity contribution in [2.45, 2.75) is 38.8 Å². The minimum absolute atomic E-state index is 0.00393. The molecule has 0 saturated carbocycles. The first kappa shape index (κ1) is 27.8. The number of halogens is 6. The summed E-state index contributed by atoms with van der Waals surface area (Å²) in [5, 5.41) is 18.5. The molecule has 0 aliphatic rings. The van der Waals surface area contributed by atoms with Gasteiger partial charge in [-0.25, -0.2) is 23.1 Å². The zero-order chi connectivity index (χ0) is 27.7. The highest BCUT2D eigenvalue weighted by Gasteiger charge is 2.48. The van der Waals surface area contributed by atoms with Gasteiger partial charge in [0.1, 0.15) is 12.2 Å². The molecule has 196 valence electrons. The van der Waals surface area contributed by atoms with E-state index in [1.54, 1.807) is 0 Å². The molecule has 0 aliphatic carbocycles. The van der Waals surface area contributed by atoms with E-state index >= 15 is 0 Å². The third-order valence-corrected chi connectivity index (χ3v) is 5.23.